The maximum absolute atomic E-state index is 5.45. The monoisotopic (exact) mass is 232 g/mol. The number of nitrogens with two attached hydrogens (primary N) is 1. The maximum Gasteiger partial charge on any atom is 0.180 e. The Balaban J connectivity index is 2.15. The summed E-state index contributed by atoms with van der Waals surface area (Å²) in [6.45, 7) is 3.25. The Morgan fingerprint density at radius 1 is 1.53 bits per heavy atom. The molecule has 0 radical (unpaired) electrons. The highest BCUT2D eigenvalue weighted by Gasteiger charge is 2.24. The summed E-state index contributed by atoms with van der Waals surface area (Å²) in [7, 11) is 0. The summed E-state index contributed by atoms with van der Waals surface area (Å²) in [4.78, 5) is 11.2. The molecule has 0 amide bonds. The van der Waals surface area contributed by atoms with Gasteiger partial charge in [0.2, 0.25) is 0 Å². The summed E-state index contributed by atoms with van der Waals surface area (Å²) in [6.07, 6.45) is 7.93. The number of hydrogen-bond donors (Lipinski definition) is 2. The van der Waals surface area contributed by atoms with Crippen molar-refractivity contribution in [3.05, 3.63) is 18.6 Å². The predicted octanol–water partition coefficient (Wildman–Crippen LogP) is 1.00. The second-order valence-corrected chi connectivity index (χ2v) is 4.44. The van der Waals surface area contributed by atoms with E-state index in [-0.39, 0.29) is 0 Å². The summed E-state index contributed by atoms with van der Waals surface area (Å²) in [5.41, 5.74) is 3.49. The first-order valence-corrected chi connectivity index (χ1v) is 5.86. The number of imidazole rings is 1. The largest absolute Gasteiger partial charge is 0.351 e. The van der Waals surface area contributed by atoms with E-state index in [9.17, 15) is 0 Å². The molecule has 6 heteroatoms. The fourth-order valence-corrected chi connectivity index (χ4v) is 2.43. The first-order valence-electron chi connectivity index (χ1n) is 5.86. The molecule has 1 fully saturated rings. The van der Waals surface area contributed by atoms with Crippen molar-refractivity contribution in [2.45, 2.75) is 25.8 Å². The molecule has 3 N–H and O–H groups in total. The van der Waals surface area contributed by atoms with Crippen LogP contribution in [0.5, 0.6) is 0 Å². The van der Waals surface area contributed by atoms with E-state index < -0.39 is 0 Å². The normalized spacial score (nSPS) is 20.1. The molecule has 0 bridgehead atoms. The van der Waals surface area contributed by atoms with E-state index in [1.165, 1.54) is 12.8 Å². The van der Waals surface area contributed by atoms with Crippen LogP contribution >= 0.6 is 0 Å². The first kappa shape index (κ1) is 10.3. The van der Waals surface area contributed by atoms with E-state index >= 15 is 0 Å². The van der Waals surface area contributed by atoms with Crippen LogP contribution in [0.3, 0.4) is 0 Å². The van der Waals surface area contributed by atoms with Crippen molar-refractivity contribution in [1.82, 2.24) is 14.4 Å². The standard InChI is InChI=1S/C11H16N6/c1-8-3-2-5-17(8)11-10-13-4-6-16(10)7-9(14-11)15-12/h4,6-8,15H,2-3,5,12H2,1H3. The number of hydrogen-bond acceptors (Lipinski definition) is 5. The molecule has 2 aromatic heterocycles. The molecule has 90 valence electrons. The van der Waals surface area contributed by atoms with Crippen LogP contribution in [-0.4, -0.2) is 27.0 Å². The van der Waals surface area contributed by atoms with Gasteiger partial charge in [-0.25, -0.2) is 15.8 Å². The molecular weight excluding hydrogens is 216 g/mol. The van der Waals surface area contributed by atoms with Gasteiger partial charge < -0.3 is 14.7 Å². The summed E-state index contributed by atoms with van der Waals surface area (Å²) >= 11 is 0. The van der Waals surface area contributed by atoms with Crippen LogP contribution in [-0.2, 0) is 0 Å². The third-order valence-corrected chi connectivity index (χ3v) is 3.33. The van der Waals surface area contributed by atoms with Gasteiger partial charge in [-0.1, -0.05) is 0 Å². The molecule has 1 aliphatic rings. The second kappa shape index (κ2) is 3.89. The number of rotatable bonds is 2. The Morgan fingerprint density at radius 3 is 3.12 bits per heavy atom. The van der Waals surface area contributed by atoms with Gasteiger partial charge in [-0.3, -0.25) is 0 Å². The van der Waals surface area contributed by atoms with Gasteiger partial charge >= 0.3 is 0 Å². The average molecular weight is 232 g/mol. The summed E-state index contributed by atoms with van der Waals surface area (Å²) in [5.74, 6) is 7.02. The van der Waals surface area contributed by atoms with Crippen molar-refractivity contribution >= 4 is 17.3 Å². The molecule has 1 saturated heterocycles. The number of fused-ring (bicyclic) bond motifs is 1. The smallest absolute Gasteiger partial charge is 0.180 e. The zero-order valence-electron chi connectivity index (χ0n) is 9.80. The minimum Gasteiger partial charge on any atom is -0.351 e. The van der Waals surface area contributed by atoms with Gasteiger partial charge in [-0.15, -0.1) is 0 Å². The summed E-state index contributed by atoms with van der Waals surface area (Å²) in [6, 6.07) is 0.510. The molecule has 0 spiro atoms. The summed E-state index contributed by atoms with van der Waals surface area (Å²) in [5, 5.41) is 0. The van der Waals surface area contributed by atoms with E-state index in [4.69, 9.17) is 5.84 Å². The number of nitrogens with one attached hydrogen (secondary N) is 1. The highest BCUT2D eigenvalue weighted by molar-refractivity contribution is 5.67. The highest BCUT2D eigenvalue weighted by Crippen LogP contribution is 2.27. The molecule has 0 aromatic carbocycles. The first-order chi connectivity index (χ1) is 8.29. The van der Waals surface area contributed by atoms with Gasteiger partial charge in [0.25, 0.3) is 0 Å². The Bertz CT molecular complexity index is 534. The molecule has 3 rings (SSSR count). The highest BCUT2D eigenvalue weighted by atomic mass is 15.3. The van der Waals surface area contributed by atoms with Crippen LogP contribution in [0.25, 0.3) is 5.65 Å². The second-order valence-electron chi connectivity index (χ2n) is 4.44. The fraction of sp³-hybridized carbons (Fsp3) is 0.455. The van der Waals surface area contributed by atoms with Crippen molar-refractivity contribution < 1.29 is 0 Å². The van der Waals surface area contributed by atoms with Crippen LogP contribution in [0.15, 0.2) is 18.6 Å². The van der Waals surface area contributed by atoms with Crippen molar-refractivity contribution in [2.24, 2.45) is 5.84 Å². The lowest BCUT2D eigenvalue weighted by atomic mass is 10.2. The van der Waals surface area contributed by atoms with Crippen LogP contribution in [0, 0.1) is 0 Å². The van der Waals surface area contributed by atoms with Crippen molar-refractivity contribution in [3.63, 3.8) is 0 Å². The molecule has 1 atom stereocenters. The molecule has 0 saturated carbocycles. The van der Waals surface area contributed by atoms with Gasteiger partial charge in [0.15, 0.2) is 17.3 Å². The van der Waals surface area contributed by atoms with E-state index in [2.05, 4.69) is 27.2 Å². The number of hydrazine groups is 1. The van der Waals surface area contributed by atoms with Crippen molar-refractivity contribution in [1.29, 1.82) is 0 Å². The zero-order chi connectivity index (χ0) is 11.8. The minimum atomic E-state index is 0.510. The molecule has 17 heavy (non-hydrogen) atoms. The molecular formula is C11H16N6. The van der Waals surface area contributed by atoms with Gasteiger partial charge in [0.05, 0.1) is 6.20 Å². The topological polar surface area (TPSA) is 71.5 Å². The van der Waals surface area contributed by atoms with Crippen molar-refractivity contribution in [2.75, 3.05) is 16.9 Å². The third-order valence-electron chi connectivity index (χ3n) is 3.33. The molecule has 6 nitrogen and oxygen atoms in total. The molecule has 1 aliphatic heterocycles. The maximum atomic E-state index is 5.45. The van der Waals surface area contributed by atoms with E-state index in [1.807, 2.05) is 16.8 Å². The lowest BCUT2D eigenvalue weighted by Gasteiger charge is -2.23. The summed E-state index contributed by atoms with van der Waals surface area (Å²) < 4.78 is 1.95. The van der Waals surface area contributed by atoms with Crippen LogP contribution in [0.2, 0.25) is 0 Å². The zero-order valence-corrected chi connectivity index (χ0v) is 9.80. The predicted molar refractivity (Wildman–Crippen MR) is 66.8 cm³/mol. The third kappa shape index (κ3) is 1.61. The average Bonchev–Trinajstić information content (AvgIpc) is 2.95. The van der Waals surface area contributed by atoms with E-state index in [0.717, 1.165) is 18.0 Å². The molecule has 1 unspecified atom stereocenters. The fourth-order valence-electron chi connectivity index (χ4n) is 2.43. The van der Waals surface area contributed by atoms with Gasteiger partial charge in [0, 0.05) is 25.0 Å². The van der Waals surface area contributed by atoms with E-state index in [1.54, 1.807) is 6.20 Å². The number of nitrogen functional groups attached to an aromatic ring is 1. The van der Waals surface area contributed by atoms with Gasteiger partial charge in [-0.05, 0) is 19.8 Å². The number of aromatic nitrogens is 3. The van der Waals surface area contributed by atoms with Crippen molar-refractivity contribution in [3.8, 4) is 0 Å². The molecule has 3 heterocycles. The lowest BCUT2D eigenvalue weighted by Crippen LogP contribution is -2.28. The van der Waals surface area contributed by atoms with E-state index in [0.29, 0.717) is 11.9 Å². The SMILES string of the molecule is CC1CCCN1c1nc(NN)cn2ccnc12. The Hall–Kier alpha value is -1.82. The van der Waals surface area contributed by atoms with Crippen LogP contribution in [0.4, 0.5) is 11.6 Å². The lowest BCUT2D eigenvalue weighted by molar-refractivity contribution is 0.727. The van der Waals surface area contributed by atoms with Gasteiger partial charge in [0.1, 0.15) is 0 Å². The molecule has 2 aromatic rings. The Kier molecular flexibility index (Phi) is 2.36. The van der Waals surface area contributed by atoms with Gasteiger partial charge in [-0.2, -0.15) is 0 Å². The Morgan fingerprint density at radius 2 is 2.41 bits per heavy atom. The quantitative estimate of drug-likeness (QED) is 0.597. The molecule has 0 aliphatic carbocycles. The van der Waals surface area contributed by atoms with Crippen LogP contribution < -0.4 is 16.2 Å². The number of anilines is 2. The number of nitrogens with zero attached hydrogens (tertiary/aromatic N) is 4. The van der Waals surface area contributed by atoms with Crippen LogP contribution in [0.1, 0.15) is 19.8 Å². The minimum absolute atomic E-state index is 0.510. The Labute approximate surface area is 99.4 Å².